The molecule has 1 amide bonds. The molecule has 0 bridgehead atoms. The maximum absolute atomic E-state index is 14.0. The number of nitrogens with two attached hydrogens (primary N) is 1. The van der Waals surface area contributed by atoms with Gasteiger partial charge in [-0.05, 0) is 57.5 Å². The molecule has 4 rings (SSSR count). The molecule has 40 heavy (non-hydrogen) atoms. The Morgan fingerprint density at radius 2 is 1.82 bits per heavy atom. The molecule has 1 saturated carbocycles. The van der Waals surface area contributed by atoms with Gasteiger partial charge in [0.15, 0.2) is 11.4 Å². The molecule has 1 aromatic carbocycles. The molecule has 1 aromatic rings. The molecule has 1 unspecified atom stereocenters. The predicted octanol–water partition coefficient (Wildman–Crippen LogP) is 0.606. The van der Waals surface area contributed by atoms with E-state index in [4.69, 9.17) is 10.5 Å². The summed E-state index contributed by atoms with van der Waals surface area (Å²) in [4.78, 5) is 54.4. The maximum Gasteiger partial charge on any atom is 0.330 e. The van der Waals surface area contributed by atoms with Crippen LogP contribution in [0.4, 0.5) is 5.69 Å². The number of Topliss-reactive ketones (excluding diaryl/α,β-unsaturated/α-hetero) is 2. The van der Waals surface area contributed by atoms with Gasteiger partial charge in [0, 0.05) is 42.9 Å². The van der Waals surface area contributed by atoms with Gasteiger partial charge in [0.05, 0.1) is 18.2 Å². The Morgan fingerprint density at radius 3 is 2.38 bits per heavy atom. The number of amides is 1. The molecule has 3 aliphatic carbocycles. The molecule has 0 saturated heterocycles. The normalized spacial score (nSPS) is 26.1. The van der Waals surface area contributed by atoms with Crippen molar-refractivity contribution in [1.82, 2.24) is 4.90 Å². The van der Waals surface area contributed by atoms with Crippen LogP contribution in [-0.4, -0.2) is 95.2 Å². The van der Waals surface area contributed by atoms with Crippen molar-refractivity contribution in [3.8, 4) is 5.75 Å². The summed E-state index contributed by atoms with van der Waals surface area (Å²) in [6.45, 7) is 1.80. The summed E-state index contributed by atoms with van der Waals surface area (Å²) in [6.07, 6.45) is 2.58. The maximum atomic E-state index is 14.0. The van der Waals surface area contributed by atoms with Gasteiger partial charge in [0.1, 0.15) is 22.8 Å². The Labute approximate surface area is 230 Å². The number of hydrogen-bond acceptors (Lipinski definition) is 11. The summed E-state index contributed by atoms with van der Waals surface area (Å²) in [5.41, 5.74) is 2.72. The number of aliphatic hydroxyl groups excluding tert-OH is 2. The number of aromatic hydroxyl groups is 1. The molecular formula is C28H33N3O9. The number of phenols is 1. The largest absolute Gasteiger partial charge is 0.508 e. The predicted molar refractivity (Wildman–Crippen MR) is 144 cm³/mol. The zero-order valence-corrected chi connectivity index (χ0v) is 22.9. The van der Waals surface area contributed by atoms with E-state index >= 15 is 0 Å². The number of rotatable bonds is 6. The molecule has 3 aliphatic rings. The number of ketones is 2. The fourth-order valence-corrected chi connectivity index (χ4v) is 6.19. The van der Waals surface area contributed by atoms with Crippen molar-refractivity contribution in [2.24, 2.45) is 17.6 Å². The van der Waals surface area contributed by atoms with Crippen LogP contribution in [0.3, 0.4) is 0 Å². The number of primary amides is 1. The van der Waals surface area contributed by atoms with Crippen molar-refractivity contribution in [2.75, 3.05) is 39.7 Å². The minimum atomic E-state index is -2.72. The monoisotopic (exact) mass is 555 g/mol. The second-order valence-corrected chi connectivity index (χ2v) is 10.6. The second-order valence-electron chi connectivity index (χ2n) is 10.6. The molecule has 0 radical (unpaired) electrons. The van der Waals surface area contributed by atoms with Crippen LogP contribution in [0.15, 0.2) is 29.0 Å². The smallest absolute Gasteiger partial charge is 0.330 e. The Hall–Kier alpha value is -4.16. The van der Waals surface area contributed by atoms with Crippen LogP contribution in [0.5, 0.6) is 5.75 Å². The Kier molecular flexibility index (Phi) is 7.28. The number of nitrogens with zero attached hydrogens (tertiary/aromatic N) is 2. The quantitative estimate of drug-likeness (QED) is 0.188. The highest BCUT2D eigenvalue weighted by Crippen LogP contribution is 2.54. The van der Waals surface area contributed by atoms with Gasteiger partial charge >= 0.3 is 5.97 Å². The average molecular weight is 556 g/mol. The average Bonchev–Trinajstić information content (AvgIpc) is 2.85. The summed E-state index contributed by atoms with van der Waals surface area (Å²) in [5, 5.41) is 45.3. The number of fused-ring (bicyclic) bond motifs is 3. The number of carbonyl (C=O) groups is 4. The van der Waals surface area contributed by atoms with Crippen LogP contribution in [0, 0.1) is 11.8 Å². The van der Waals surface area contributed by atoms with Gasteiger partial charge < -0.3 is 35.8 Å². The zero-order chi connectivity index (χ0) is 29.8. The number of esters is 1. The van der Waals surface area contributed by atoms with Gasteiger partial charge in [0.2, 0.25) is 5.78 Å². The first-order valence-corrected chi connectivity index (χ1v) is 12.7. The van der Waals surface area contributed by atoms with E-state index in [9.17, 15) is 39.6 Å². The minimum absolute atomic E-state index is 0.0100. The van der Waals surface area contributed by atoms with Gasteiger partial charge in [0.25, 0.3) is 5.91 Å². The lowest BCUT2D eigenvalue weighted by molar-refractivity contribution is -0.153. The summed E-state index contributed by atoms with van der Waals surface area (Å²) < 4.78 is 4.89. The van der Waals surface area contributed by atoms with Crippen molar-refractivity contribution in [1.29, 1.82) is 0 Å². The first-order valence-electron chi connectivity index (χ1n) is 12.7. The fourth-order valence-electron chi connectivity index (χ4n) is 6.19. The standard InChI is InChI=1S/C28H33N3O9/c1-6-40-17(32)8-7-12-11-16(30(2)3)14-9-13-10-15-21(31(4)5)24(35)20(27(29)38)26(37)28(15,39)25(36)18(13)23(34)19(14)22(12)33/h7-8,11,13,15,21,33-34,37,39H,6,9-10H2,1-5H3,(H2,29,38)/b8-7+/t13-,15-,21?,28-/m1/s1. The van der Waals surface area contributed by atoms with Crippen LogP contribution in [-0.2, 0) is 30.3 Å². The van der Waals surface area contributed by atoms with Crippen molar-refractivity contribution < 1.29 is 44.3 Å². The number of benzene rings is 1. The third-order valence-electron chi connectivity index (χ3n) is 7.89. The third-order valence-corrected chi connectivity index (χ3v) is 7.89. The van der Waals surface area contributed by atoms with E-state index in [0.717, 1.165) is 6.08 Å². The lowest BCUT2D eigenvalue weighted by Gasteiger charge is -2.50. The SMILES string of the molecule is CCOC(=O)/C=C/c1cc(N(C)C)c2c(c1O)C(O)=C1C(=O)[C@@]3(O)C(O)=C(C(N)=O)C(=O)C(N(C)C)[C@H]3C[C@H]1C2. The van der Waals surface area contributed by atoms with Gasteiger partial charge in [-0.25, -0.2) is 4.79 Å². The van der Waals surface area contributed by atoms with Gasteiger partial charge in [-0.15, -0.1) is 0 Å². The van der Waals surface area contributed by atoms with E-state index in [0.29, 0.717) is 11.3 Å². The molecular weight excluding hydrogens is 522 g/mol. The van der Waals surface area contributed by atoms with Crippen molar-refractivity contribution in [2.45, 2.75) is 31.4 Å². The van der Waals surface area contributed by atoms with Crippen LogP contribution in [0.25, 0.3) is 11.8 Å². The van der Waals surface area contributed by atoms with Crippen LogP contribution >= 0.6 is 0 Å². The molecule has 214 valence electrons. The molecule has 4 atom stereocenters. The summed E-state index contributed by atoms with van der Waals surface area (Å²) in [6, 6.07) is 0.471. The molecule has 0 aliphatic heterocycles. The molecule has 12 heteroatoms. The summed E-state index contributed by atoms with van der Waals surface area (Å²) >= 11 is 0. The number of aliphatic hydroxyl groups is 3. The molecule has 1 fully saturated rings. The topological polar surface area (TPSA) is 191 Å². The Morgan fingerprint density at radius 1 is 1.18 bits per heavy atom. The minimum Gasteiger partial charge on any atom is -0.508 e. The highest BCUT2D eigenvalue weighted by Gasteiger charge is 2.64. The summed E-state index contributed by atoms with van der Waals surface area (Å²) in [5.74, 6) is -7.85. The molecule has 0 aromatic heterocycles. The highest BCUT2D eigenvalue weighted by atomic mass is 16.5. The lowest BCUT2D eigenvalue weighted by atomic mass is 9.57. The van der Waals surface area contributed by atoms with E-state index in [2.05, 4.69) is 0 Å². The van der Waals surface area contributed by atoms with E-state index in [1.165, 1.54) is 11.0 Å². The number of likely N-dealkylation sites (N-methyl/N-ethyl adjacent to an activating group) is 1. The molecule has 6 N–H and O–H groups in total. The Bertz CT molecular complexity index is 1420. The number of carbonyl (C=O) groups excluding carboxylic acids is 4. The van der Waals surface area contributed by atoms with Crippen molar-refractivity contribution >= 4 is 41.0 Å². The molecule has 0 spiro atoms. The summed E-state index contributed by atoms with van der Waals surface area (Å²) in [7, 11) is 6.59. The molecule has 12 nitrogen and oxygen atoms in total. The first kappa shape index (κ1) is 28.8. The first-order chi connectivity index (χ1) is 18.7. The van der Waals surface area contributed by atoms with E-state index in [-0.39, 0.29) is 36.1 Å². The van der Waals surface area contributed by atoms with Gasteiger partial charge in [-0.2, -0.15) is 0 Å². The van der Waals surface area contributed by atoms with Crippen molar-refractivity contribution in [3.05, 3.63) is 45.7 Å². The van der Waals surface area contributed by atoms with Crippen LogP contribution in [0.2, 0.25) is 0 Å². The second kappa shape index (κ2) is 10.1. The van der Waals surface area contributed by atoms with Crippen LogP contribution in [0.1, 0.15) is 30.0 Å². The van der Waals surface area contributed by atoms with Crippen LogP contribution < -0.4 is 10.6 Å². The number of anilines is 1. The number of hydrogen-bond donors (Lipinski definition) is 5. The number of phenolic OH excluding ortho intramolecular Hbond substituents is 1. The van der Waals surface area contributed by atoms with E-state index in [1.54, 1.807) is 46.1 Å². The Balaban J connectivity index is 1.96. The van der Waals surface area contributed by atoms with E-state index < -0.39 is 69.8 Å². The third kappa shape index (κ3) is 4.14. The van der Waals surface area contributed by atoms with Gasteiger partial charge in [-0.1, -0.05) is 0 Å². The zero-order valence-electron chi connectivity index (χ0n) is 22.9. The fraction of sp³-hybridized carbons (Fsp3) is 0.429. The van der Waals surface area contributed by atoms with Crippen molar-refractivity contribution in [3.63, 3.8) is 0 Å². The van der Waals surface area contributed by atoms with E-state index in [1.807, 2.05) is 0 Å². The number of ether oxygens (including phenoxy) is 1. The molecule has 0 heterocycles. The lowest BCUT2D eigenvalue weighted by Crippen LogP contribution is -2.65. The highest BCUT2D eigenvalue weighted by molar-refractivity contribution is 6.24. The van der Waals surface area contributed by atoms with Gasteiger partial charge in [-0.3, -0.25) is 19.3 Å².